The van der Waals surface area contributed by atoms with Crippen molar-refractivity contribution in [3.63, 3.8) is 0 Å². The molecule has 152 valence electrons. The summed E-state index contributed by atoms with van der Waals surface area (Å²) in [7, 11) is 1.75. The first kappa shape index (κ1) is 20.9. The van der Waals surface area contributed by atoms with E-state index in [2.05, 4.69) is 4.98 Å². The third kappa shape index (κ3) is 6.06. The summed E-state index contributed by atoms with van der Waals surface area (Å²) in [6.45, 7) is 1.09. The van der Waals surface area contributed by atoms with Crippen LogP contribution in [0.1, 0.15) is 18.7 Å². The lowest BCUT2D eigenvalue weighted by Crippen LogP contribution is -2.28. The number of amides is 1. The molecule has 0 bridgehead atoms. The summed E-state index contributed by atoms with van der Waals surface area (Å²) in [5.74, 6) is 1.14. The number of carbonyl (C=O) groups excluding carboxylic acids is 1. The Hall–Kier alpha value is -2.86. The van der Waals surface area contributed by atoms with Crippen molar-refractivity contribution >= 4 is 17.5 Å². The topological polar surface area (TPSA) is 55.6 Å². The highest BCUT2D eigenvalue weighted by Crippen LogP contribution is 2.23. The van der Waals surface area contributed by atoms with Crippen LogP contribution >= 0.6 is 11.6 Å². The van der Waals surface area contributed by atoms with E-state index in [4.69, 9.17) is 20.8 Å². The third-order valence-corrected chi connectivity index (χ3v) is 4.64. The molecular formula is C22H22ClFN2O3. The van der Waals surface area contributed by atoms with Gasteiger partial charge < -0.3 is 14.1 Å². The molecular weight excluding hydrogens is 395 g/mol. The average molecular weight is 417 g/mol. The smallest absolute Gasteiger partial charge is 0.222 e. The largest absolute Gasteiger partial charge is 0.494 e. The molecule has 0 aliphatic rings. The van der Waals surface area contributed by atoms with E-state index in [0.717, 1.165) is 5.75 Å². The molecule has 0 unspecified atom stereocenters. The van der Waals surface area contributed by atoms with E-state index in [1.807, 2.05) is 12.1 Å². The van der Waals surface area contributed by atoms with E-state index in [-0.39, 0.29) is 18.1 Å². The SMILES string of the molecule is CN(CCCOc1ccc(Cl)cc1)C(=O)CCc1ncc(-c2ccccc2F)o1. The average Bonchev–Trinajstić information content (AvgIpc) is 3.19. The van der Waals surface area contributed by atoms with Gasteiger partial charge in [-0.25, -0.2) is 9.37 Å². The Morgan fingerprint density at radius 1 is 1.21 bits per heavy atom. The van der Waals surface area contributed by atoms with E-state index in [0.29, 0.717) is 48.2 Å². The molecule has 7 heteroatoms. The quantitative estimate of drug-likeness (QED) is 0.461. The predicted octanol–water partition coefficient (Wildman–Crippen LogP) is 4.99. The molecule has 1 amide bonds. The van der Waals surface area contributed by atoms with Gasteiger partial charge in [0.05, 0.1) is 18.4 Å². The number of aryl methyl sites for hydroxylation is 1. The van der Waals surface area contributed by atoms with Crippen molar-refractivity contribution in [1.29, 1.82) is 0 Å². The minimum atomic E-state index is -0.369. The molecule has 0 radical (unpaired) electrons. The molecule has 3 rings (SSSR count). The molecule has 0 N–H and O–H groups in total. The van der Waals surface area contributed by atoms with Gasteiger partial charge in [0.1, 0.15) is 11.6 Å². The summed E-state index contributed by atoms with van der Waals surface area (Å²) in [6, 6.07) is 13.5. The maximum absolute atomic E-state index is 13.8. The van der Waals surface area contributed by atoms with Crippen molar-refractivity contribution in [3.05, 3.63) is 71.5 Å². The predicted molar refractivity (Wildman–Crippen MR) is 109 cm³/mol. The first-order valence-electron chi connectivity index (χ1n) is 9.35. The Balaban J connectivity index is 1.40. The van der Waals surface area contributed by atoms with Crippen molar-refractivity contribution in [2.45, 2.75) is 19.3 Å². The number of rotatable bonds is 9. The van der Waals surface area contributed by atoms with Crippen LogP contribution in [-0.2, 0) is 11.2 Å². The lowest BCUT2D eigenvalue weighted by Gasteiger charge is -2.17. The Kier molecular flexibility index (Phi) is 7.25. The lowest BCUT2D eigenvalue weighted by atomic mass is 10.2. The van der Waals surface area contributed by atoms with Crippen LogP contribution in [0.4, 0.5) is 4.39 Å². The number of halogens is 2. The molecule has 0 saturated heterocycles. The van der Waals surface area contributed by atoms with Crippen LogP contribution in [0.3, 0.4) is 0 Å². The van der Waals surface area contributed by atoms with Crippen molar-refractivity contribution in [1.82, 2.24) is 9.88 Å². The van der Waals surface area contributed by atoms with Gasteiger partial charge in [-0.2, -0.15) is 0 Å². The fraction of sp³-hybridized carbons (Fsp3) is 0.273. The van der Waals surface area contributed by atoms with Crippen LogP contribution < -0.4 is 4.74 Å². The van der Waals surface area contributed by atoms with E-state index in [1.165, 1.54) is 12.3 Å². The standard InChI is InChI=1S/C22H22ClFN2O3/c1-26(13-4-14-28-17-9-7-16(23)8-10-17)22(27)12-11-21-25-15-20(29-21)18-5-2-3-6-19(18)24/h2-3,5-10,15H,4,11-14H2,1H3. The second kappa shape index (κ2) is 10.1. The number of hydrogen-bond donors (Lipinski definition) is 0. The first-order valence-corrected chi connectivity index (χ1v) is 9.72. The Morgan fingerprint density at radius 3 is 2.72 bits per heavy atom. The van der Waals surface area contributed by atoms with Gasteiger partial charge >= 0.3 is 0 Å². The van der Waals surface area contributed by atoms with Crippen LogP contribution in [0.5, 0.6) is 5.75 Å². The summed E-state index contributed by atoms with van der Waals surface area (Å²) < 4.78 is 25.0. The maximum Gasteiger partial charge on any atom is 0.222 e. The van der Waals surface area contributed by atoms with Crippen LogP contribution in [0.15, 0.2) is 59.1 Å². The zero-order valence-electron chi connectivity index (χ0n) is 16.1. The molecule has 0 spiro atoms. The van der Waals surface area contributed by atoms with Crippen LogP contribution in [0.2, 0.25) is 5.02 Å². The van der Waals surface area contributed by atoms with E-state index < -0.39 is 0 Å². The Bertz CT molecular complexity index is 943. The summed E-state index contributed by atoms with van der Waals surface area (Å²) in [6.07, 6.45) is 2.82. The van der Waals surface area contributed by atoms with Crippen molar-refractivity contribution < 1.29 is 18.3 Å². The van der Waals surface area contributed by atoms with Crippen molar-refractivity contribution in [3.8, 4) is 17.1 Å². The Labute approximate surface area is 174 Å². The molecule has 1 aromatic heterocycles. The molecule has 2 aromatic carbocycles. The molecule has 0 aliphatic heterocycles. The van der Waals surface area contributed by atoms with Gasteiger partial charge in [-0.1, -0.05) is 23.7 Å². The molecule has 1 heterocycles. The van der Waals surface area contributed by atoms with Crippen molar-refractivity contribution in [2.24, 2.45) is 0 Å². The van der Waals surface area contributed by atoms with Gasteiger partial charge in [-0.05, 0) is 42.8 Å². The monoisotopic (exact) mass is 416 g/mol. The van der Waals surface area contributed by atoms with E-state index >= 15 is 0 Å². The van der Waals surface area contributed by atoms with Gasteiger partial charge in [0.2, 0.25) is 5.91 Å². The second-order valence-electron chi connectivity index (χ2n) is 6.57. The summed E-state index contributed by atoms with van der Waals surface area (Å²) in [5.41, 5.74) is 0.357. The first-order chi connectivity index (χ1) is 14.0. The fourth-order valence-electron chi connectivity index (χ4n) is 2.76. The van der Waals surface area contributed by atoms with Crippen LogP contribution in [0.25, 0.3) is 11.3 Å². The highest BCUT2D eigenvalue weighted by molar-refractivity contribution is 6.30. The normalized spacial score (nSPS) is 10.7. The summed E-state index contributed by atoms with van der Waals surface area (Å²) in [4.78, 5) is 18.1. The minimum absolute atomic E-state index is 0.0119. The molecule has 0 fully saturated rings. The zero-order chi connectivity index (χ0) is 20.6. The number of hydrogen-bond acceptors (Lipinski definition) is 4. The summed E-state index contributed by atoms with van der Waals surface area (Å²) >= 11 is 5.84. The highest BCUT2D eigenvalue weighted by Gasteiger charge is 2.13. The molecule has 3 aromatic rings. The molecule has 0 aliphatic carbocycles. The minimum Gasteiger partial charge on any atom is -0.494 e. The van der Waals surface area contributed by atoms with Crippen molar-refractivity contribution in [2.75, 3.05) is 20.2 Å². The van der Waals surface area contributed by atoms with E-state index in [9.17, 15) is 9.18 Å². The van der Waals surface area contributed by atoms with Gasteiger partial charge in [0, 0.05) is 31.5 Å². The van der Waals surface area contributed by atoms with Gasteiger partial charge in [-0.15, -0.1) is 0 Å². The molecule has 0 saturated carbocycles. The molecule has 5 nitrogen and oxygen atoms in total. The number of nitrogens with zero attached hydrogens (tertiary/aromatic N) is 2. The maximum atomic E-state index is 13.8. The van der Waals surface area contributed by atoms with Crippen LogP contribution in [-0.4, -0.2) is 36.0 Å². The Morgan fingerprint density at radius 2 is 1.97 bits per heavy atom. The van der Waals surface area contributed by atoms with Gasteiger partial charge in [0.25, 0.3) is 0 Å². The third-order valence-electron chi connectivity index (χ3n) is 4.39. The molecule has 29 heavy (non-hydrogen) atoms. The lowest BCUT2D eigenvalue weighted by molar-refractivity contribution is -0.130. The number of carbonyl (C=O) groups is 1. The van der Waals surface area contributed by atoms with Gasteiger partial charge in [0.15, 0.2) is 11.7 Å². The van der Waals surface area contributed by atoms with E-state index in [1.54, 1.807) is 42.3 Å². The number of oxazole rings is 1. The number of benzene rings is 2. The van der Waals surface area contributed by atoms with Crippen LogP contribution in [0, 0.1) is 5.82 Å². The molecule has 0 atom stereocenters. The second-order valence-corrected chi connectivity index (χ2v) is 7.01. The van der Waals surface area contributed by atoms with Gasteiger partial charge in [-0.3, -0.25) is 4.79 Å². The summed E-state index contributed by atoms with van der Waals surface area (Å²) in [5, 5.41) is 0.662. The fourth-order valence-corrected chi connectivity index (χ4v) is 2.89. The number of ether oxygens (including phenoxy) is 1. The zero-order valence-corrected chi connectivity index (χ0v) is 16.9. The number of aromatic nitrogens is 1. The highest BCUT2D eigenvalue weighted by atomic mass is 35.5.